The van der Waals surface area contributed by atoms with Crippen molar-refractivity contribution in [3.63, 3.8) is 0 Å². The first-order valence-electron chi connectivity index (χ1n) is 14.0. The number of anilines is 2. The largest absolute Gasteiger partial charge is 0.497 e. The van der Waals surface area contributed by atoms with E-state index in [2.05, 4.69) is 34.0 Å². The number of hydrogen-bond acceptors (Lipinski definition) is 6. The van der Waals surface area contributed by atoms with Gasteiger partial charge in [-0.1, -0.05) is 31.5 Å². The Morgan fingerprint density at radius 1 is 0.952 bits per heavy atom. The van der Waals surface area contributed by atoms with Crippen molar-refractivity contribution in [2.45, 2.75) is 45.2 Å². The lowest BCUT2D eigenvalue weighted by atomic mass is 10.0. The number of methoxy groups -OCH3 is 1. The predicted octanol–water partition coefficient (Wildman–Crippen LogP) is 6.58. The van der Waals surface area contributed by atoms with Gasteiger partial charge in [0.25, 0.3) is 0 Å². The molecule has 0 aromatic heterocycles. The molecule has 1 aliphatic rings. The molecule has 0 bridgehead atoms. The minimum atomic E-state index is -3.31. The molecule has 0 spiro atoms. The molecular formula is C31H41ClN4O5S. The van der Waals surface area contributed by atoms with Crippen LogP contribution in [0.4, 0.5) is 16.2 Å². The highest BCUT2D eigenvalue weighted by atomic mass is 35.5. The Balaban J connectivity index is 0.00000484. The van der Waals surface area contributed by atoms with Crippen molar-refractivity contribution in [2.24, 2.45) is 0 Å². The first-order valence-corrected chi connectivity index (χ1v) is 15.9. The summed E-state index contributed by atoms with van der Waals surface area (Å²) in [4.78, 5) is 17.7. The standard InChI is InChI=1S/C31H40N4O5S.ClH/c1-4-5-19-35(31(36)32-26-7-6-8-30(22-26)39-2)27-17-20-34(21-18-27)23-24-9-13-28(14-10-24)40-29-15-11-25(12-16-29)33-41(3,37)38;/h6-16,22,27,33H,4-5,17-21,23H2,1-3H3,(H,32,36);1H. The normalized spacial score (nSPS) is 14.0. The van der Waals surface area contributed by atoms with Crippen molar-refractivity contribution in [1.29, 1.82) is 0 Å². The maximum Gasteiger partial charge on any atom is 0.322 e. The van der Waals surface area contributed by atoms with Crippen molar-refractivity contribution >= 4 is 39.8 Å². The van der Waals surface area contributed by atoms with E-state index in [4.69, 9.17) is 9.47 Å². The molecule has 3 aromatic carbocycles. The predicted molar refractivity (Wildman–Crippen MR) is 171 cm³/mol. The smallest absolute Gasteiger partial charge is 0.322 e. The maximum atomic E-state index is 13.2. The van der Waals surface area contributed by atoms with Crippen LogP contribution in [0.1, 0.15) is 38.2 Å². The second-order valence-electron chi connectivity index (χ2n) is 10.4. The molecule has 1 aliphatic heterocycles. The Kier molecular flexibility index (Phi) is 12.3. The van der Waals surface area contributed by atoms with E-state index in [-0.39, 0.29) is 24.5 Å². The maximum absolute atomic E-state index is 13.2. The van der Waals surface area contributed by atoms with Gasteiger partial charge in [-0.15, -0.1) is 12.4 Å². The fourth-order valence-corrected chi connectivity index (χ4v) is 5.49. The lowest BCUT2D eigenvalue weighted by molar-refractivity contribution is 0.122. The van der Waals surface area contributed by atoms with E-state index >= 15 is 0 Å². The highest BCUT2D eigenvalue weighted by molar-refractivity contribution is 7.92. The number of amides is 2. The zero-order valence-electron chi connectivity index (χ0n) is 24.4. The summed E-state index contributed by atoms with van der Waals surface area (Å²) in [5, 5.41) is 3.06. The quantitative estimate of drug-likeness (QED) is 0.238. The van der Waals surface area contributed by atoms with E-state index in [1.54, 1.807) is 31.4 Å². The second kappa shape index (κ2) is 15.7. The average Bonchev–Trinajstić information content (AvgIpc) is 2.95. The first kappa shape index (κ1) is 33.0. The topological polar surface area (TPSA) is 100 Å². The second-order valence-corrected chi connectivity index (χ2v) is 12.1. The van der Waals surface area contributed by atoms with Crippen LogP contribution >= 0.6 is 12.4 Å². The monoisotopic (exact) mass is 616 g/mol. The van der Waals surface area contributed by atoms with Crippen LogP contribution in [-0.2, 0) is 16.6 Å². The number of likely N-dealkylation sites (tertiary alicyclic amines) is 1. The number of urea groups is 1. The van der Waals surface area contributed by atoms with Crippen LogP contribution in [0.5, 0.6) is 17.2 Å². The summed E-state index contributed by atoms with van der Waals surface area (Å²) in [6.45, 7) is 5.57. The summed E-state index contributed by atoms with van der Waals surface area (Å²) in [7, 11) is -1.69. The fourth-order valence-electron chi connectivity index (χ4n) is 4.93. The molecule has 2 amide bonds. The number of benzene rings is 3. The third kappa shape index (κ3) is 10.1. The number of nitrogens with one attached hydrogen (secondary N) is 2. The lowest BCUT2D eigenvalue weighted by Crippen LogP contribution is -2.49. The zero-order chi connectivity index (χ0) is 29.2. The van der Waals surface area contributed by atoms with E-state index in [1.807, 2.05) is 41.3 Å². The summed E-state index contributed by atoms with van der Waals surface area (Å²) < 4.78 is 36.4. The van der Waals surface area contributed by atoms with Crippen LogP contribution in [-0.4, -0.2) is 63.3 Å². The highest BCUT2D eigenvalue weighted by Gasteiger charge is 2.28. The number of carbonyl (C=O) groups excluding carboxylic acids is 1. The third-order valence-corrected chi connectivity index (χ3v) is 7.66. The van der Waals surface area contributed by atoms with Gasteiger partial charge < -0.3 is 19.7 Å². The van der Waals surface area contributed by atoms with Crippen LogP contribution in [0.3, 0.4) is 0 Å². The number of hydrogen-bond donors (Lipinski definition) is 2. The molecule has 0 unspecified atom stereocenters. The molecule has 3 aromatic rings. The molecule has 42 heavy (non-hydrogen) atoms. The van der Waals surface area contributed by atoms with Gasteiger partial charge in [0, 0.05) is 49.7 Å². The van der Waals surface area contributed by atoms with Gasteiger partial charge in [-0.25, -0.2) is 13.2 Å². The molecule has 4 rings (SSSR count). The Hall–Kier alpha value is -3.47. The number of rotatable bonds is 12. The van der Waals surface area contributed by atoms with Crippen LogP contribution < -0.4 is 19.5 Å². The Labute approximate surface area is 255 Å². The third-order valence-electron chi connectivity index (χ3n) is 7.06. The van der Waals surface area contributed by atoms with Gasteiger partial charge in [0.1, 0.15) is 17.2 Å². The number of nitrogens with zero attached hydrogens (tertiary/aromatic N) is 2. The van der Waals surface area contributed by atoms with Crippen molar-refractivity contribution in [3.8, 4) is 17.2 Å². The highest BCUT2D eigenvalue weighted by Crippen LogP contribution is 2.25. The number of carbonyl (C=O) groups is 1. The molecule has 0 radical (unpaired) electrons. The van der Waals surface area contributed by atoms with Crippen LogP contribution in [0.25, 0.3) is 0 Å². The van der Waals surface area contributed by atoms with Crippen molar-refractivity contribution in [2.75, 3.05) is 43.0 Å². The summed E-state index contributed by atoms with van der Waals surface area (Å²) >= 11 is 0. The minimum Gasteiger partial charge on any atom is -0.497 e. The molecule has 0 atom stereocenters. The molecule has 11 heteroatoms. The van der Waals surface area contributed by atoms with Gasteiger partial charge in [0.2, 0.25) is 10.0 Å². The summed E-state index contributed by atoms with van der Waals surface area (Å²) in [5.74, 6) is 2.06. The molecular weight excluding hydrogens is 576 g/mol. The van der Waals surface area contributed by atoms with Crippen molar-refractivity contribution < 1.29 is 22.7 Å². The minimum absolute atomic E-state index is 0. The SMILES string of the molecule is CCCCN(C(=O)Nc1cccc(OC)c1)C1CCN(Cc2ccc(Oc3ccc(NS(C)(=O)=O)cc3)cc2)CC1.Cl. The van der Waals surface area contributed by atoms with Crippen LogP contribution in [0.15, 0.2) is 72.8 Å². The molecule has 228 valence electrons. The number of piperidine rings is 1. The van der Waals surface area contributed by atoms with Gasteiger partial charge in [0.15, 0.2) is 0 Å². The molecule has 9 nitrogen and oxygen atoms in total. The molecule has 1 saturated heterocycles. The molecule has 0 aliphatic carbocycles. The summed E-state index contributed by atoms with van der Waals surface area (Å²) in [5.41, 5.74) is 2.42. The van der Waals surface area contributed by atoms with E-state index in [9.17, 15) is 13.2 Å². The number of unbranched alkanes of at least 4 members (excludes halogenated alkanes) is 1. The molecule has 0 saturated carbocycles. The van der Waals surface area contributed by atoms with Crippen LogP contribution in [0, 0.1) is 0 Å². The number of sulfonamides is 1. The Morgan fingerprint density at radius 3 is 2.19 bits per heavy atom. The Bertz CT molecular complexity index is 1380. The Morgan fingerprint density at radius 2 is 1.60 bits per heavy atom. The average molecular weight is 617 g/mol. The first-order chi connectivity index (χ1) is 19.7. The van der Waals surface area contributed by atoms with Gasteiger partial charge in [-0.2, -0.15) is 0 Å². The van der Waals surface area contributed by atoms with Crippen molar-refractivity contribution in [3.05, 3.63) is 78.4 Å². The van der Waals surface area contributed by atoms with E-state index in [0.29, 0.717) is 22.9 Å². The van der Waals surface area contributed by atoms with Gasteiger partial charge in [0.05, 0.1) is 13.4 Å². The van der Waals surface area contributed by atoms with Gasteiger partial charge in [-0.05, 0) is 73.4 Å². The van der Waals surface area contributed by atoms with Gasteiger partial charge in [-0.3, -0.25) is 9.62 Å². The molecule has 1 heterocycles. The fraction of sp³-hybridized carbons (Fsp3) is 0.387. The van der Waals surface area contributed by atoms with Crippen molar-refractivity contribution in [1.82, 2.24) is 9.80 Å². The summed E-state index contributed by atoms with van der Waals surface area (Å²) in [6.07, 6.45) is 4.99. The van der Waals surface area contributed by atoms with E-state index < -0.39 is 10.0 Å². The van der Waals surface area contributed by atoms with E-state index in [1.165, 1.54) is 5.56 Å². The number of ether oxygens (including phenoxy) is 2. The zero-order valence-corrected chi connectivity index (χ0v) is 26.0. The van der Waals surface area contributed by atoms with E-state index in [0.717, 1.165) is 63.8 Å². The van der Waals surface area contributed by atoms with Crippen LogP contribution in [0.2, 0.25) is 0 Å². The van der Waals surface area contributed by atoms with Gasteiger partial charge >= 0.3 is 6.03 Å². The lowest BCUT2D eigenvalue weighted by Gasteiger charge is -2.38. The number of halogens is 1. The molecule has 2 N–H and O–H groups in total. The molecule has 1 fully saturated rings. The summed E-state index contributed by atoms with van der Waals surface area (Å²) in [6, 6.07) is 22.4.